The number of aryl methyl sites for hydroxylation is 2. The van der Waals surface area contributed by atoms with Crippen LogP contribution in [0.1, 0.15) is 40.3 Å². The van der Waals surface area contributed by atoms with Crippen molar-refractivity contribution in [2.45, 2.75) is 31.7 Å². The zero-order valence-corrected chi connectivity index (χ0v) is 16.2. The molecule has 0 saturated carbocycles. The Morgan fingerprint density at radius 1 is 0.966 bits per heavy atom. The number of hydrogen-bond donors (Lipinski definition) is 2. The Kier molecular flexibility index (Phi) is 4.60. The molecule has 1 unspecified atom stereocenters. The van der Waals surface area contributed by atoms with Crippen LogP contribution in [0.2, 0.25) is 0 Å². The third kappa shape index (κ3) is 3.66. The molecular weight excluding hydrogens is 358 g/mol. The molecule has 0 saturated heterocycles. The number of rotatable bonds is 5. The van der Waals surface area contributed by atoms with Crippen LogP contribution in [0.15, 0.2) is 73.1 Å². The maximum absolute atomic E-state index is 13.0. The highest BCUT2D eigenvalue weighted by atomic mass is 16.1. The van der Waals surface area contributed by atoms with Gasteiger partial charge in [0.25, 0.3) is 0 Å². The molecule has 4 aromatic rings. The van der Waals surface area contributed by atoms with Crippen molar-refractivity contribution >= 4 is 16.9 Å². The quantitative estimate of drug-likeness (QED) is 0.535. The van der Waals surface area contributed by atoms with Crippen LogP contribution in [0.4, 0.5) is 0 Å². The van der Waals surface area contributed by atoms with Gasteiger partial charge in [-0.1, -0.05) is 54.6 Å². The zero-order chi connectivity index (χ0) is 19.6. The van der Waals surface area contributed by atoms with E-state index in [9.17, 15) is 4.79 Å². The molecule has 4 nitrogen and oxygen atoms in total. The molecule has 1 amide bonds. The maximum Gasteiger partial charge on any atom is 0.225 e. The van der Waals surface area contributed by atoms with Gasteiger partial charge in [-0.2, -0.15) is 0 Å². The van der Waals surface area contributed by atoms with Crippen molar-refractivity contribution in [1.29, 1.82) is 0 Å². The first-order valence-electron chi connectivity index (χ1n) is 10.1. The predicted molar refractivity (Wildman–Crippen MR) is 115 cm³/mol. The molecule has 2 N–H and O–H groups in total. The number of benzene rings is 3. The highest BCUT2D eigenvalue weighted by molar-refractivity contribution is 5.80. The van der Waals surface area contributed by atoms with Gasteiger partial charge in [0.15, 0.2) is 0 Å². The van der Waals surface area contributed by atoms with Crippen molar-refractivity contribution in [3.63, 3.8) is 0 Å². The number of imidazole rings is 1. The molecule has 0 fully saturated rings. The lowest BCUT2D eigenvalue weighted by Gasteiger charge is -2.20. The standard InChI is InChI=1S/C25H23N3O/c29-24(14-17-9-10-18-7-4-8-20(18)13-17)28-25(19-5-2-1-3-6-19)21-11-12-22-23(15-21)27-16-26-22/h1-3,5-6,9-13,15-16,25H,4,7-8,14H2,(H,26,27)(H,28,29). The number of carbonyl (C=O) groups is 1. The molecule has 1 aromatic heterocycles. The monoisotopic (exact) mass is 381 g/mol. The minimum Gasteiger partial charge on any atom is -0.345 e. The summed E-state index contributed by atoms with van der Waals surface area (Å²) < 4.78 is 0. The number of nitrogens with one attached hydrogen (secondary N) is 2. The molecule has 29 heavy (non-hydrogen) atoms. The fraction of sp³-hybridized carbons (Fsp3) is 0.200. The number of hydrogen-bond acceptors (Lipinski definition) is 2. The minimum atomic E-state index is -0.203. The van der Waals surface area contributed by atoms with Crippen LogP contribution < -0.4 is 5.32 Å². The number of carbonyl (C=O) groups excluding carboxylic acids is 1. The summed E-state index contributed by atoms with van der Waals surface area (Å²) in [7, 11) is 0. The molecule has 0 spiro atoms. The number of nitrogens with zero attached hydrogens (tertiary/aromatic N) is 1. The second-order valence-corrected chi connectivity index (χ2v) is 7.72. The van der Waals surface area contributed by atoms with E-state index in [0.29, 0.717) is 6.42 Å². The van der Waals surface area contributed by atoms with E-state index >= 15 is 0 Å². The van der Waals surface area contributed by atoms with Crippen LogP contribution in [0.25, 0.3) is 11.0 Å². The van der Waals surface area contributed by atoms with Crippen LogP contribution >= 0.6 is 0 Å². The van der Waals surface area contributed by atoms with Crippen molar-refractivity contribution in [2.75, 3.05) is 0 Å². The van der Waals surface area contributed by atoms with E-state index in [4.69, 9.17) is 0 Å². The summed E-state index contributed by atoms with van der Waals surface area (Å²) in [5.74, 6) is 0.0292. The van der Waals surface area contributed by atoms with Gasteiger partial charge in [0, 0.05) is 0 Å². The largest absolute Gasteiger partial charge is 0.345 e. The number of fused-ring (bicyclic) bond motifs is 2. The van der Waals surface area contributed by atoms with Crippen molar-refractivity contribution < 1.29 is 4.79 Å². The molecule has 4 heteroatoms. The lowest BCUT2D eigenvalue weighted by Crippen LogP contribution is -2.30. The third-order valence-electron chi connectivity index (χ3n) is 5.74. The third-order valence-corrected chi connectivity index (χ3v) is 5.74. The van der Waals surface area contributed by atoms with Gasteiger partial charge in [-0.05, 0) is 59.2 Å². The molecule has 5 rings (SSSR count). The second kappa shape index (κ2) is 7.55. The summed E-state index contributed by atoms with van der Waals surface area (Å²) in [5, 5.41) is 3.25. The van der Waals surface area contributed by atoms with Gasteiger partial charge in [-0.25, -0.2) is 4.98 Å². The first-order chi connectivity index (χ1) is 14.3. The van der Waals surface area contributed by atoms with Crippen LogP contribution in [0, 0.1) is 0 Å². The minimum absolute atomic E-state index is 0.0292. The summed E-state index contributed by atoms with van der Waals surface area (Å²) in [5.41, 5.74) is 7.91. The van der Waals surface area contributed by atoms with Crippen LogP contribution in [0.5, 0.6) is 0 Å². The topological polar surface area (TPSA) is 57.8 Å². The Hall–Kier alpha value is -3.40. The summed E-state index contributed by atoms with van der Waals surface area (Å²) in [6.45, 7) is 0. The number of aromatic amines is 1. The SMILES string of the molecule is O=C(Cc1ccc2c(c1)CCC2)NC(c1ccccc1)c1ccc2nc[nH]c2c1. The average molecular weight is 381 g/mol. The Labute approximate surface area is 170 Å². The lowest BCUT2D eigenvalue weighted by molar-refractivity contribution is -0.120. The zero-order valence-electron chi connectivity index (χ0n) is 16.2. The normalized spacial score (nSPS) is 13.9. The van der Waals surface area contributed by atoms with Gasteiger partial charge >= 0.3 is 0 Å². The van der Waals surface area contributed by atoms with E-state index in [0.717, 1.165) is 40.6 Å². The van der Waals surface area contributed by atoms with Gasteiger partial charge in [-0.15, -0.1) is 0 Å². The smallest absolute Gasteiger partial charge is 0.225 e. The molecule has 1 aliphatic carbocycles. The number of aromatic nitrogens is 2. The van der Waals surface area contributed by atoms with Crippen molar-refractivity contribution in [1.82, 2.24) is 15.3 Å². The van der Waals surface area contributed by atoms with Gasteiger partial charge in [0.1, 0.15) is 0 Å². The first kappa shape index (κ1) is 17.7. The summed E-state index contributed by atoms with van der Waals surface area (Å²) in [4.78, 5) is 20.4. The Morgan fingerprint density at radius 2 is 1.83 bits per heavy atom. The van der Waals surface area contributed by atoms with Crippen LogP contribution in [-0.4, -0.2) is 15.9 Å². The van der Waals surface area contributed by atoms with E-state index in [1.807, 2.05) is 30.3 Å². The maximum atomic E-state index is 13.0. The fourth-order valence-electron chi connectivity index (χ4n) is 4.27. The Balaban J connectivity index is 1.41. The fourth-order valence-corrected chi connectivity index (χ4v) is 4.27. The summed E-state index contributed by atoms with van der Waals surface area (Å²) in [6.07, 6.45) is 5.59. The van der Waals surface area contributed by atoms with E-state index in [2.05, 4.69) is 51.7 Å². The van der Waals surface area contributed by atoms with Crippen LogP contribution in [0.3, 0.4) is 0 Å². The molecule has 144 valence electrons. The number of amides is 1. The van der Waals surface area contributed by atoms with Crippen molar-refractivity contribution in [3.8, 4) is 0 Å². The van der Waals surface area contributed by atoms with Gasteiger partial charge in [0.05, 0.1) is 29.8 Å². The van der Waals surface area contributed by atoms with E-state index < -0.39 is 0 Å². The molecular formula is C25H23N3O. The predicted octanol–water partition coefficient (Wildman–Crippen LogP) is 4.50. The Bertz CT molecular complexity index is 1160. The van der Waals surface area contributed by atoms with E-state index in [1.165, 1.54) is 17.5 Å². The van der Waals surface area contributed by atoms with E-state index in [1.54, 1.807) is 6.33 Å². The molecule has 1 heterocycles. The molecule has 0 aliphatic heterocycles. The van der Waals surface area contributed by atoms with E-state index in [-0.39, 0.29) is 11.9 Å². The molecule has 0 bridgehead atoms. The first-order valence-corrected chi connectivity index (χ1v) is 10.1. The number of H-pyrrole nitrogens is 1. The van der Waals surface area contributed by atoms with Gasteiger partial charge < -0.3 is 10.3 Å². The Morgan fingerprint density at radius 3 is 2.72 bits per heavy atom. The van der Waals surface area contributed by atoms with Gasteiger partial charge in [-0.3, -0.25) is 4.79 Å². The lowest BCUT2D eigenvalue weighted by atomic mass is 9.97. The molecule has 1 aliphatic rings. The van der Waals surface area contributed by atoms with Crippen molar-refractivity contribution in [3.05, 3.63) is 101 Å². The highest BCUT2D eigenvalue weighted by Crippen LogP contribution is 2.26. The van der Waals surface area contributed by atoms with Crippen molar-refractivity contribution in [2.24, 2.45) is 0 Å². The molecule has 3 aromatic carbocycles. The summed E-state index contributed by atoms with van der Waals surface area (Å²) in [6, 6.07) is 22.5. The van der Waals surface area contributed by atoms with Gasteiger partial charge in [0.2, 0.25) is 5.91 Å². The molecule has 0 radical (unpaired) electrons. The average Bonchev–Trinajstić information content (AvgIpc) is 3.41. The second-order valence-electron chi connectivity index (χ2n) is 7.72. The molecule has 1 atom stereocenters. The van der Waals surface area contributed by atoms with Crippen LogP contribution in [-0.2, 0) is 24.1 Å². The highest BCUT2D eigenvalue weighted by Gasteiger charge is 2.19. The summed E-state index contributed by atoms with van der Waals surface area (Å²) >= 11 is 0.